The third-order valence-corrected chi connectivity index (χ3v) is 5.39. The third kappa shape index (κ3) is 4.41. The number of allylic oxidation sites excluding steroid dienone is 1. The lowest BCUT2D eigenvalue weighted by atomic mass is 9.97. The minimum Gasteiger partial charge on any atom is -0.355 e. The SMILES string of the molecule is Cc1ccc2nc(S[C@H](C)C(=O)NCCC3=CCCCC3)[nH]c2c1. The highest BCUT2D eigenvalue weighted by atomic mass is 32.2. The molecule has 0 aliphatic heterocycles. The molecule has 0 spiro atoms. The van der Waals surface area contributed by atoms with Gasteiger partial charge in [0.15, 0.2) is 5.16 Å². The van der Waals surface area contributed by atoms with Crippen molar-refractivity contribution in [2.75, 3.05) is 6.54 Å². The minimum atomic E-state index is -0.160. The zero-order valence-electron chi connectivity index (χ0n) is 14.4. The van der Waals surface area contributed by atoms with Crippen LogP contribution < -0.4 is 5.32 Å². The average molecular weight is 343 g/mol. The van der Waals surface area contributed by atoms with E-state index >= 15 is 0 Å². The van der Waals surface area contributed by atoms with Crippen molar-refractivity contribution in [2.45, 2.75) is 56.4 Å². The maximum atomic E-state index is 12.3. The van der Waals surface area contributed by atoms with Gasteiger partial charge in [-0.2, -0.15) is 0 Å². The number of nitrogens with one attached hydrogen (secondary N) is 2. The van der Waals surface area contributed by atoms with Crippen molar-refractivity contribution in [3.05, 3.63) is 35.4 Å². The van der Waals surface area contributed by atoms with Crippen LogP contribution in [0.3, 0.4) is 0 Å². The molecule has 1 amide bonds. The van der Waals surface area contributed by atoms with E-state index < -0.39 is 0 Å². The van der Waals surface area contributed by atoms with Crippen LogP contribution in [0.15, 0.2) is 35.0 Å². The molecule has 0 saturated carbocycles. The Bertz CT molecular complexity index is 750. The second kappa shape index (κ2) is 7.88. The Balaban J connectivity index is 1.50. The van der Waals surface area contributed by atoms with Gasteiger partial charge < -0.3 is 10.3 Å². The number of carbonyl (C=O) groups excluding carboxylic acids is 1. The lowest BCUT2D eigenvalue weighted by Gasteiger charge is -2.14. The van der Waals surface area contributed by atoms with Crippen molar-refractivity contribution in [1.29, 1.82) is 0 Å². The predicted octanol–water partition coefficient (Wildman–Crippen LogP) is 4.36. The summed E-state index contributed by atoms with van der Waals surface area (Å²) < 4.78 is 0. The standard InChI is InChI=1S/C19H25N3OS/c1-13-8-9-16-17(12-13)22-19(21-16)24-14(2)18(23)20-11-10-15-6-4-3-5-7-15/h6,8-9,12,14H,3-5,7,10-11H2,1-2H3,(H,20,23)(H,21,22)/t14-/m1/s1. The summed E-state index contributed by atoms with van der Waals surface area (Å²) >= 11 is 1.48. The summed E-state index contributed by atoms with van der Waals surface area (Å²) in [6, 6.07) is 6.14. The van der Waals surface area contributed by atoms with Crippen molar-refractivity contribution >= 4 is 28.7 Å². The zero-order chi connectivity index (χ0) is 16.9. The first kappa shape index (κ1) is 17.1. The topological polar surface area (TPSA) is 57.8 Å². The van der Waals surface area contributed by atoms with Gasteiger partial charge in [-0.05, 0) is 63.6 Å². The van der Waals surface area contributed by atoms with Crippen LogP contribution in [0.1, 0.15) is 44.6 Å². The van der Waals surface area contributed by atoms with Crippen LogP contribution in [0.25, 0.3) is 11.0 Å². The average Bonchev–Trinajstić information content (AvgIpc) is 2.97. The van der Waals surface area contributed by atoms with Crippen molar-refractivity contribution in [3.63, 3.8) is 0 Å². The molecule has 1 aromatic carbocycles. The van der Waals surface area contributed by atoms with Crippen LogP contribution in [0.4, 0.5) is 0 Å². The van der Waals surface area contributed by atoms with E-state index in [-0.39, 0.29) is 11.2 Å². The predicted molar refractivity (Wildman–Crippen MR) is 100 cm³/mol. The first-order valence-electron chi connectivity index (χ1n) is 8.70. The van der Waals surface area contributed by atoms with E-state index in [1.165, 1.54) is 48.6 Å². The monoisotopic (exact) mass is 343 g/mol. The Kier molecular flexibility index (Phi) is 5.61. The highest BCUT2D eigenvalue weighted by Gasteiger charge is 2.16. The summed E-state index contributed by atoms with van der Waals surface area (Å²) in [5.74, 6) is 0.0769. The number of hydrogen-bond acceptors (Lipinski definition) is 3. The zero-order valence-corrected chi connectivity index (χ0v) is 15.2. The summed E-state index contributed by atoms with van der Waals surface area (Å²) in [6.07, 6.45) is 8.30. The van der Waals surface area contributed by atoms with Gasteiger partial charge in [-0.25, -0.2) is 4.98 Å². The Morgan fingerprint density at radius 2 is 2.29 bits per heavy atom. The first-order valence-corrected chi connectivity index (χ1v) is 9.58. The number of aromatic nitrogens is 2. The Morgan fingerprint density at radius 1 is 1.42 bits per heavy atom. The molecular formula is C19H25N3OS. The molecule has 128 valence electrons. The van der Waals surface area contributed by atoms with E-state index in [4.69, 9.17) is 0 Å². The number of rotatable bonds is 6. The second-order valence-corrected chi connectivity index (χ2v) is 7.80. The van der Waals surface area contributed by atoms with Gasteiger partial charge >= 0.3 is 0 Å². The molecule has 1 heterocycles. The third-order valence-electron chi connectivity index (χ3n) is 4.40. The fourth-order valence-electron chi connectivity index (χ4n) is 3.00. The van der Waals surface area contributed by atoms with Crippen LogP contribution >= 0.6 is 11.8 Å². The number of amides is 1. The molecule has 1 aliphatic rings. The summed E-state index contributed by atoms with van der Waals surface area (Å²) in [5, 5.41) is 3.69. The molecule has 1 aliphatic carbocycles. The van der Waals surface area contributed by atoms with E-state index in [0.29, 0.717) is 0 Å². The molecule has 24 heavy (non-hydrogen) atoms. The first-order chi connectivity index (χ1) is 11.6. The highest BCUT2D eigenvalue weighted by molar-refractivity contribution is 8.00. The molecule has 1 aromatic heterocycles. The molecule has 0 unspecified atom stereocenters. The fourth-order valence-corrected chi connectivity index (χ4v) is 3.84. The Morgan fingerprint density at radius 3 is 3.08 bits per heavy atom. The van der Waals surface area contributed by atoms with Gasteiger partial charge in [-0.1, -0.05) is 29.5 Å². The van der Waals surface area contributed by atoms with Crippen molar-refractivity contribution in [2.24, 2.45) is 0 Å². The summed E-state index contributed by atoms with van der Waals surface area (Å²) in [5.41, 5.74) is 4.66. The van der Waals surface area contributed by atoms with E-state index in [1.54, 1.807) is 0 Å². The van der Waals surface area contributed by atoms with Crippen molar-refractivity contribution in [1.82, 2.24) is 15.3 Å². The van der Waals surface area contributed by atoms with Gasteiger partial charge in [0.2, 0.25) is 5.91 Å². The van der Waals surface area contributed by atoms with E-state index in [1.807, 2.05) is 19.1 Å². The molecule has 0 saturated heterocycles. The molecule has 1 atom stereocenters. The molecule has 3 rings (SSSR count). The fraction of sp³-hybridized carbons (Fsp3) is 0.474. The van der Waals surface area contributed by atoms with Gasteiger partial charge in [-0.15, -0.1) is 0 Å². The van der Waals surface area contributed by atoms with E-state index in [2.05, 4.69) is 34.4 Å². The number of hydrogen-bond donors (Lipinski definition) is 2. The molecule has 0 fully saturated rings. The van der Waals surface area contributed by atoms with Gasteiger partial charge in [0.1, 0.15) is 0 Å². The number of fused-ring (bicyclic) bond motifs is 1. The maximum absolute atomic E-state index is 12.3. The summed E-state index contributed by atoms with van der Waals surface area (Å²) in [7, 11) is 0. The maximum Gasteiger partial charge on any atom is 0.233 e. The lowest BCUT2D eigenvalue weighted by Crippen LogP contribution is -2.31. The van der Waals surface area contributed by atoms with Crippen molar-refractivity contribution < 1.29 is 4.79 Å². The number of thioether (sulfide) groups is 1. The molecule has 0 radical (unpaired) electrons. The number of carbonyl (C=O) groups is 1. The highest BCUT2D eigenvalue weighted by Crippen LogP contribution is 2.24. The Labute approximate surface area is 147 Å². The minimum absolute atomic E-state index is 0.0769. The molecule has 2 aromatic rings. The molecule has 5 heteroatoms. The Hall–Kier alpha value is -1.75. The van der Waals surface area contributed by atoms with Crippen LogP contribution in [0, 0.1) is 6.92 Å². The lowest BCUT2D eigenvalue weighted by molar-refractivity contribution is -0.120. The molecule has 4 nitrogen and oxygen atoms in total. The number of H-pyrrole nitrogens is 1. The summed E-state index contributed by atoms with van der Waals surface area (Å²) in [6.45, 7) is 4.72. The van der Waals surface area contributed by atoms with Gasteiger partial charge in [0.05, 0.1) is 16.3 Å². The molecular weight excluding hydrogens is 318 g/mol. The smallest absolute Gasteiger partial charge is 0.233 e. The quantitative estimate of drug-likeness (QED) is 0.605. The number of nitrogens with zero attached hydrogens (tertiary/aromatic N) is 1. The summed E-state index contributed by atoms with van der Waals surface area (Å²) in [4.78, 5) is 20.1. The van der Waals surface area contributed by atoms with Gasteiger partial charge in [0.25, 0.3) is 0 Å². The van der Waals surface area contributed by atoms with Gasteiger partial charge in [-0.3, -0.25) is 4.79 Å². The van der Waals surface area contributed by atoms with Crippen LogP contribution in [-0.2, 0) is 4.79 Å². The second-order valence-electron chi connectivity index (χ2n) is 6.47. The molecule has 0 bridgehead atoms. The van der Waals surface area contributed by atoms with Crippen LogP contribution in [0.2, 0.25) is 0 Å². The number of imidazole rings is 1. The normalized spacial score (nSPS) is 16.0. The van der Waals surface area contributed by atoms with E-state index in [9.17, 15) is 4.79 Å². The number of aromatic amines is 1. The number of benzene rings is 1. The number of aryl methyl sites for hydroxylation is 1. The van der Waals surface area contributed by atoms with Crippen LogP contribution in [-0.4, -0.2) is 27.7 Å². The van der Waals surface area contributed by atoms with Gasteiger partial charge in [0, 0.05) is 6.54 Å². The van der Waals surface area contributed by atoms with Crippen molar-refractivity contribution in [3.8, 4) is 0 Å². The molecule has 2 N–H and O–H groups in total. The largest absolute Gasteiger partial charge is 0.355 e. The van der Waals surface area contributed by atoms with Crippen LogP contribution in [0.5, 0.6) is 0 Å². The van der Waals surface area contributed by atoms with E-state index in [0.717, 1.165) is 29.2 Å².